The van der Waals surface area contributed by atoms with Crippen molar-refractivity contribution < 1.29 is 9.26 Å². The van der Waals surface area contributed by atoms with E-state index in [1.54, 1.807) is 7.11 Å². The molecular formula is C15H25N3O2. The quantitative estimate of drug-likeness (QED) is 0.917. The van der Waals surface area contributed by atoms with E-state index in [0.717, 1.165) is 56.9 Å². The number of rotatable bonds is 4. The average molecular weight is 279 g/mol. The molecule has 1 aromatic rings. The lowest BCUT2D eigenvalue weighted by atomic mass is 9.76. The van der Waals surface area contributed by atoms with E-state index in [1.807, 2.05) is 0 Å². The lowest BCUT2D eigenvalue weighted by Crippen LogP contribution is -2.39. The summed E-state index contributed by atoms with van der Waals surface area (Å²) in [5, 5.41) is 7.69. The Hall–Kier alpha value is -0.940. The Kier molecular flexibility index (Phi) is 3.82. The van der Waals surface area contributed by atoms with E-state index in [4.69, 9.17) is 14.2 Å². The highest BCUT2D eigenvalue weighted by Gasteiger charge is 2.43. The van der Waals surface area contributed by atoms with E-state index in [9.17, 15) is 0 Å². The van der Waals surface area contributed by atoms with Crippen LogP contribution in [0.3, 0.4) is 0 Å². The summed E-state index contributed by atoms with van der Waals surface area (Å²) in [5.41, 5.74) is -0.242. The molecular weight excluding hydrogens is 254 g/mol. The topological polar surface area (TPSA) is 60.2 Å². The molecule has 2 fully saturated rings. The van der Waals surface area contributed by atoms with Gasteiger partial charge in [-0.25, -0.2) is 0 Å². The predicted molar refractivity (Wildman–Crippen MR) is 75.5 cm³/mol. The summed E-state index contributed by atoms with van der Waals surface area (Å²) in [6.45, 7) is 4.28. The Labute approximate surface area is 120 Å². The van der Waals surface area contributed by atoms with E-state index >= 15 is 0 Å². The molecule has 3 rings (SSSR count). The average Bonchev–Trinajstić information content (AvgIpc) is 3.17. The van der Waals surface area contributed by atoms with Crippen LogP contribution in [0.25, 0.3) is 0 Å². The second kappa shape index (κ2) is 5.45. The first kappa shape index (κ1) is 14.0. The molecule has 1 saturated heterocycles. The summed E-state index contributed by atoms with van der Waals surface area (Å²) in [4.78, 5) is 4.77. The zero-order chi connectivity index (χ0) is 14.1. The highest BCUT2D eigenvalue weighted by molar-refractivity contribution is 5.11. The lowest BCUT2D eigenvalue weighted by molar-refractivity contribution is -0.0178. The summed E-state index contributed by atoms with van der Waals surface area (Å²) in [7, 11) is 1.77. The first-order valence-electron chi connectivity index (χ1n) is 7.85. The van der Waals surface area contributed by atoms with Crippen LogP contribution in [-0.4, -0.2) is 30.3 Å². The Morgan fingerprint density at radius 3 is 2.50 bits per heavy atom. The molecule has 0 radical (unpaired) electrons. The number of nitrogens with one attached hydrogen (secondary N) is 1. The normalized spacial score (nSPS) is 24.9. The molecule has 0 atom stereocenters. The van der Waals surface area contributed by atoms with Crippen LogP contribution in [0.15, 0.2) is 4.52 Å². The van der Waals surface area contributed by atoms with Crippen molar-refractivity contribution in [2.24, 2.45) is 0 Å². The van der Waals surface area contributed by atoms with Crippen LogP contribution in [0.1, 0.15) is 63.6 Å². The molecule has 0 spiro atoms. The second-order valence-corrected chi connectivity index (χ2v) is 6.21. The minimum atomic E-state index is -0.302. The molecule has 112 valence electrons. The highest BCUT2D eigenvalue weighted by atomic mass is 16.5. The van der Waals surface area contributed by atoms with E-state index in [0.29, 0.717) is 0 Å². The Morgan fingerprint density at radius 1 is 1.20 bits per heavy atom. The predicted octanol–water partition coefficient (Wildman–Crippen LogP) is 2.52. The van der Waals surface area contributed by atoms with Gasteiger partial charge in [0, 0.05) is 7.11 Å². The molecule has 20 heavy (non-hydrogen) atoms. The first-order chi connectivity index (χ1) is 9.75. The summed E-state index contributed by atoms with van der Waals surface area (Å²) in [5.74, 6) is 1.58. The van der Waals surface area contributed by atoms with Crippen LogP contribution >= 0.6 is 0 Å². The molecule has 5 heteroatoms. The van der Waals surface area contributed by atoms with Gasteiger partial charge in [0.1, 0.15) is 5.60 Å². The van der Waals surface area contributed by atoms with Gasteiger partial charge >= 0.3 is 0 Å². The monoisotopic (exact) mass is 279 g/mol. The molecule has 0 aromatic carbocycles. The van der Waals surface area contributed by atoms with Gasteiger partial charge < -0.3 is 14.6 Å². The Morgan fingerprint density at radius 2 is 1.90 bits per heavy atom. The van der Waals surface area contributed by atoms with E-state index in [1.165, 1.54) is 12.8 Å². The largest absolute Gasteiger partial charge is 0.370 e. The smallest absolute Gasteiger partial charge is 0.233 e. The SMILES string of the molecule is CCC1(c2nc(C3(OC)CCCC3)no2)CCNCC1. The third-order valence-corrected chi connectivity index (χ3v) is 5.33. The third-order valence-electron chi connectivity index (χ3n) is 5.33. The van der Waals surface area contributed by atoms with Gasteiger partial charge in [-0.05, 0) is 58.0 Å². The number of aromatic nitrogens is 2. The van der Waals surface area contributed by atoms with Gasteiger partial charge in [-0.1, -0.05) is 12.1 Å². The number of piperidine rings is 1. The first-order valence-corrected chi connectivity index (χ1v) is 7.85. The molecule has 2 heterocycles. The van der Waals surface area contributed by atoms with Gasteiger partial charge in [0.15, 0.2) is 0 Å². The molecule has 1 N–H and O–H groups in total. The molecule has 0 bridgehead atoms. The highest BCUT2D eigenvalue weighted by Crippen LogP contribution is 2.42. The molecule has 2 aliphatic rings. The molecule has 5 nitrogen and oxygen atoms in total. The van der Waals surface area contributed by atoms with Crippen molar-refractivity contribution in [3.63, 3.8) is 0 Å². The maximum atomic E-state index is 5.75. The molecule has 1 aromatic heterocycles. The summed E-state index contributed by atoms with van der Waals surface area (Å²) < 4.78 is 11.4. The van der Waals surface area contributed by atoms with Crippen molar-refractivity contribution in [3.05, 3.63) is 11.7 Å². The molecule has 1 aliphatic carbocycles. The third kappa shape index (κ3) is 2.17. The summed E-state index contributed by atoms with van der Waals surface area (Å²) >= 11 is 0. The molecule has 0 unspecified atom stereocenters. The number of nitrogens with zero attached hydrogens (tertiary/aromatic N) is 2. The van der Waals surface area contributed by atoms with Gasteiger partial charge in [0.05, 0.1) is 5.41 Å². The number of ether oxygens (including phenoxy) is 1. The minimum absolute atomic E-state index is 0.0596. The fourth-order valence-corrected chi connectivity index (χ4v) is 3.71. The summed E-state index contributed by atoms with van der Waals surface area (Å²) in [6, 6.07) is 0. The van der Waals surface area contributed by atoms with Crippen molar-refractivity contribution in [1.29, 1.82) is 0 Å². The fourth-order valence-electron chi connectivity index (χ4n) is 3.71. The number of hydrogen-bond donors (Lipinski definition) is 1. The zero-order valence-electron chi connectivity index (χ0n) is 12.6. The Bertz CT molecular complexity index is 446. The van der Waals surface area contributed by atoms with E-state index < -0.39 is 0 Å². The Balaban J connectivity index is 1.89. The van der Waals surface area contributed by atoms with Gasteiger partial charge in [0.25, 0.3) is 0 Å². The maximum absolute atomic E-state index is 5.75. The van der Waals surface area contributed by atoms with Gasteiger partial charge in [0.2, 0.25) is 11.7 Å². The van der Waals surface area contributed by atoms with Crippen LogP contribution in [0, 0.1) is 0 Å². The second-order valence-electron chi connectivity index (χ2n) is 6.21. The maximum Gasteiger partial charge on any atom is 0.233 e. The van der Waals surface area contributed by atoms with Gasteiger partial charge in [-0.3, -0.25) is 0 Å². The van der Waals surface area contributed by atoms with Crippen LogP contribution in [0.2, 0.25) is 0 Å². The minimum Gasteiger partial charge on any atom is -0.370 e. The van der Waals surface area contributed by atoms with Crippen molar-refractivity contribution in [2.75, 3.05) is 20.2 Å². The lowest BCUT2D eigenvalue weighted by Gasteiger charge is -2.33. The molecule has 1 aliphatic heterocycles. The molecule has 1 saturated carbocycles. The molecule has 0 amide bonds. The van der Waals surface area contributed by atoms with Crippen LogP contribution < -0.4 is 5.32 Å². The zero-order valence-corrected chi connectivity index (χ0v) is 12.6. The van der Waals surface area contributed by atoms with Crippen LogP contribution in [0.5, 0.6) is 0 Å². The van der Waals surface area contributed by atoms with Crippen molar-refractivity contribution >= 4 is 0 Å². The number of hydrogen-bond acceptors (Lipinski definition) is 5. The van der Waals surface area contributed by atoms with Crippen molar-refractivity contribution in [3.8, 4) is 0 Å². The number of methoxy groups -OCH3 is 1. The van der Waals surface area contributed by atoms with E-state index in [-0.39, 0.29) is 11.0 Å². The van der Waals surface area contributed by atoms with Crippen molar-refractivity contribution in [1.82, 2.24) is 15.5 Å². The van der Waals surface area contributed by atoms with Crippen molar-refractivity contribution in [2.45, 2.75) is 62.9 Å². The standard InChI is InChI=1S/C15H25N3O2/c1-3-14(8-10-16-11-9-14)13-17-12(18-20-13)15(19-2)6-4-5-7-15/h16H,3-11H2,1-2H3. The fraction of sp³-hybridized carbons (Fsp3) is 0.867. The van der Waals surface area contributed by atoms with Gasteiger partial charge in [-0.2, -0.15) is 4.98 Å². The van der Waals surface area contributed by atoms with Gasteiger partial charge in [-0.15, -0.1) is 0 Å². The van der Waals surface area contributed by atoms with Crippen LogP contribution in [-0.2, 0) is 15.8 Å². The van der Waals surface area contributed by atoms with Crippen LogP contribution in [0.4, 0.5) is 0 Å². The van der Waals surface area contributed by atoms with E-state index in [2.05, 4.69) is 17.4 Å². The summed E-state index contributed by atoms with van der Waals surface area (Å²) in [6.07, 6.45) is 7.57.